The van der Waals surface area contributed by atoms with Crippen LogP contribution in [-0.2, 0) is 14.2 Å². The largest absolute Gasteiger partial charge is 0.381 e. The number of hydrogen-bond acceptors (Lipinski definition) is 4. The van der Waals surface area contributed by atoms with Gasteiger partial charge in [0.2, 0.25) is 0 Å². The van der Waals surface area contributed by atoms with Gasteiger partial charge in [0, 0.05) is 57.6 Å². The Hall–Kier alpha value is -0.120. The smallest absolute Gasteiger partial charge is 0.191 e. The fourth-order valence-corrected chi connectivity index (χ4v) is 4.65. The molecule has 0 aromatic rings. The molecule has 164 valence electrons. The second-order valence-corrected chi connectivity index (χ2v) is 8.21. The molecule has 3 fully saturated rings. The van der Waals surface area contributed by atoms with Gasteiger partial charge in [0.1, 0.15) is 0 Å². The fraction of sp³-hybridized carbons (Fsp3) is 0.952. The lowest BCUT2D eigenvalue weighted by molar-refractivity contribution is -0.168. The molecule has 6 nitrogen and oxygen atoms in total. The van der Waals surface area contributed by atoms with Crippen LogP contribution in [-0.4, -0.2) is 64.2 Å². The molecule has 1 spiro atoms. The number of ether oxygens (including phenoxy) is 3. The molecule has 28 heavy (non-hydrogen) atoms. The van der Waals surface area contributed by atoms with Gasteiger partial charge >= 0.3 is 0 Å². The van der Waals surface area contributed by atoms with Crippen molar-refractivity contribution in [2.45, 2.75) is 70.9 Å². The summed E-state index contributed by atoms with van der Waals surface area (Å²) >= 11 is 0. The topological polar surface area (TPSA) is 64.1 Å². The maximum absolute atomic E-state index is 5.96. The molecule has 3 rings (SSSR count). The summed E-state index contributed by atoms with van der Waals surface area (Å²) in [5.41, 5.74) is 0.360. The number of rotatable bonds is 10. The quantitative estimate of drug-likeness (QED) is 0.205. The molecule has 2 atom stereocenters. The van der Waals surface area contributed by atoms with E-state index >= 15 is 0 Å². The van der Waals surface area contributed by atoms with Crippen molar-refractivity contribution >= 4 is 29.9 Å². The minimum atomic E-state index is 0. The third-order valence-corrected chi connectivity index (χ3v) is 6.50. The Balaban J connectivity index is 0.00000280. The van der Waals surface area contributed by atoms with Crippen LogP contribution in [0.15, 0.2) is 4.99 Å². The summed E-state index contributed by atoms with van der Waals surface area (Å²) < 4.78 is 17.2. The van der Waals surface area contributed by atoms with Crippen LogP contribution in [0.5, 0.6) is 0 Å². The first kappa shape index (κ1) is 24.2. The predicted octanol–water partition coefficient (Wildman–Crippen LogP) is 3.34. The van der Waals surface area contributed by atoms with Gasteiger partial charge < -0.3 is 24.8 Å². The summed E-state index contributed by atoms with van der Waals surface area (Å²) in [6.45, 7) is 10.2. The van der Waals surface area contributed by atoms with E-state index in [2.05, 4.69) is 24.5 Å². The van der Waals surface area contributed by atoms with Gasteiger partial charge in [0.25, 0.3) is 0 Å². The number of halogens is 1. The van der Waals surface area contributed by atoms with Crippen molar-refractivity contribution in [3.63, 3.8) is 0 Å². The minimum Gasteiger partial charge on any atom is -0.381 e. The molecule has 2 unspecified atom stereocenters. The first-order chi connectivity index (χ1) is 13.3. The predicted molar refractivity (Wildman–Crippen MR) is 124 cm³/mol. The molecular weight excluding hydrogens is 469 g/mol. The molecule has 0 radical (unpaired) electrons. The molecule has 7 heteroatoms. The van der Waals surface area contributed by atoms with Gasteiger partial charge in [0.15, 0.2) is 5.96 Å². The fourth-order valence-electron chi connectivity index (χ4n) is 4.65. The number of nitrogens with zero attached hydrogens (tertiary/aromatic N) is 1. The number of guanidine groups is 1. The zero-order valence-corrected chi connectivity index (χ0v) is 20.0. The Morgan fingerprint density at radius 3 is 2.64 bits per heavy atom. The van der Waals surface area contributed by atoms with Gasteiger partial charge in [-0.25, -0.2) is 0 Å². The molecule has 2 N–H and O–H groups in total. The van der Waals surface area contributed by atoms with E-state index in [1.165, 1.54) is 19.3 Å². The maximum Gasteiger partial charge on any atom is 0.191 e. The lowest BCUT2D eigenvalue weighted by Crippen LogP contribution is -2.68. The highest BCUT2D eigenvalue weighted by Crippen LogP contribution is 2.57. The van der Waals surface area contributed by atoms with Crippen LogP contribution in [0.4, 0.5) is 0 Å². The zero-order valence-electron chi connectivity index (χ0n) is 17.7. The molecular formula is C21H40IN3O3. The SMILES string of the molecule is CCNC(=NCCCOCC1CCOCC1)NC1CC(OCC)C12CCC2.I. The van der Waals surface area contributed by atoms with Crippen LogP contribution in [0.1, 0.15) is 58.8 Å². The molecule has 0 bridgehead atoms. The zero-order chi connectivity index (χ0) is 19.0. The molecule has 1 heterocycles. The van der Waals surface area contributed by atoms with E-state index in [1.54, 1.807) is 0 Å². The Bertz CT molecular complexity index is 468. The highest BCUT2D eigenvalue weighted by Gasteiger charge is 2.59. The van der Waals surface area contributed by atoms with Crippen molar-refractivity contribution in [2.24, 2.45) is 16.3 Å². The third kappa shape index (κ3) is 6.19. The van der Waals surface area contributed by atoms with E-state index in [4.69, 9.17) is 19.2 Å². The van der Waals surface area contributed by atoms with E-state index in [9.17, 15) is 0 Å². The summed E-state index contributed by atoms with van der Waals surface area (Å²) in [6.07, 6.45) is 8.69. The molecule has 3 aliphatic rings. The summed E-state index contributed by atoms with van der Waals surface area (Å²) in [7, 11) is 0. The lowest BCUT2D eigenvalue weighted by Gasteiger charge is -2.61. The maximum atomic E-state index is 5.96. The Morgan fingerprint density at radius 1 is 1.21 bits per heavy atom. The van der Waals surface area contributed by atoms with Crippen molar-refractivity contribution in [3.05, 3.63) is 0 Å². The summed E-state index contributed by atoms with van der Waals surface area (Å²) in [5, 5.41) is 7.08. The van der Waals surface area contributed by atoms with Gasteiger partial charge in [-0.15, -0.1) is 24.0 Å². The van der Waals surface area contributed by atoms with Crippen LogP contribution < -0.4 is 10.6 Å². The molecule has 2 saturated carbocycles. The van der Waals surface area contributed by atoms with E-state index in [-0.39, 0.29) is 24.0 Å². The minimum absolute atomic E-state index is 0. The van der Waals surface area contributed by atoms with E-state index in [0.29, 0.717) is 23.5 Å². The van der Waals surface area contributed by atoms with Gasteiger partial charge in [-0.3, -0.25) is 4.99 Å². The molecule has 0 aromatic carbocycles. The van der Waals surface area contributed by atoms with Crippen molar-refractivity contribution in [1.29, 1.82) is 0 Å². The Labute approximate surface area is 188 Å². The van der Waals surface area contributed by atoms with Gasteiger partial charge in [0.05, 0.1) is 6.10 Å². The van der Waals surface area contributed by atoms with Crippen LogP contribution in [0.25, 0.3) is 0 Å². The summed E-state index contributed by atoms with van der Waals surface area (Å²) in [4.78, 5) is 4.77. The van der Waals surface area contributed by atoms with E-state index in [0.717, 1.165) is 77.8 Å². The monoisotopic (exact) mass is 509 g/mol. The van der Waals surface area contributed by atoms with Crippen LogP contribution in [0.2, 0.25) is 0 Å². The van der Waals surface area contributed by atoms with Crippen LogP contribution >= 0.6 is 24.0 Å². The molecule has 0 aromatic heterocycles. The lowest BCUT2D eigenvalue weighted by atomic mass is 9.51. The van der Waals surface area contributed by atoms with Gasteiger partial charge in [-0.05, 0) is 58.3 Å². The standard InChI is InChI=1S/C21H39N3O3.HI/c1-3-22-20(23-11-6-12-26-16-17-7-13-25-14-8-17)24-18-15-19(27-4-2)21(18)9-5-10-21;/h17-19H,3-16H2,1-2H3,(H2,22,23,24);1H. The highest BCUT2D eigenvalue weighted by atomic mass is 127. The van der Waals surface area contributed by atoms with Crippen molar-refractivity contribution in [2.75, 3.05) is 46.1 Å². The highest BCUT2D eigenvalue weighted by molar-refractivity contribution is 14.0. The summed E-state index contributed by atoms with van der Waals surface area (Å²) in [5.74, 6) is 1.63. The third-order valence-electron chi connectivity index (χ3n) is 6.50. The van der Waals surface area contributed by atoms with E-state index < -0.39 is 0 Å². The van der Waals surface area contributed by atoms with E-state index in [1.807, 2.05) is 0 Å². The molecule has 1 aliphatic heterocycles. The van der Waals surface area contributed by atoms with Crippen molar-refractivity contribution in [1.82, 2.24) is 10.6 Å². The molecule has 2 aliphatic carbocycles. The van der Waals surface area contributed by atoms with Gasteiger partial charge in [-0.1, -0.05) is 6.42 Å². The number of hydrogen-bond donors (Lipinski definition) is 2. The second-order valence-electron chi connectivity index (χ2n) is 8.21. The normalized spacial score (nSPS) is 26.9. The second kappa shape index (κ2) is 12.5. The molecule has 1 saturated heterocycles. The average molecular weight is 509 g/mol. The Kier molecular flexibility index (Phi) is 10.8. The van der Waals surface area contributed by atoms with Crippen molar-refractivity contribution in [3.8, 4) is 0 Å². The number of aliphatic imine (C=N–C) groups is 1. The van der Waals surface area contributed by atoms with Crippen LogP contribution in [0, 0.1) is 11.3 Å². The molecule has 0 amide bonds. The average Bonchev–Trinajstić information content (AvgIpc) is 2.63. The van der Waals surface area contributed by atoms with Crippen LogP contribution in [0.3, 0.4) is 0 Å². The first-order valence-electron chi connectivity index (χ1n) is 11.1. The first-order valence-corrected chi connectivity index (χ1v) is 11.1. The Morgan fingerprint density at radius 2 is 2.00 bits per heavy atom. The van der Waals surface area contributed by atoms with Crippen molar-refractivity contribution < 1.29 is 14.2 Å². The van der Waals surface area contributed by atoms with Gasteiger partial charge in [-0.2, -0.15) is 0 Å². The summed E-state index contributed by atoms with van der Waals surface area (Å²) in [6, 6.07) is 0.505. The number of nitrogens with one attached hydrogen (secondary N) is 2.